The SMILES string of the molecule is CC(=O)NC(CO)C(=O)N1CCc2onc(-c3ccc(-c4ccccc4)cc3)c2C1. The van der Waals surface area contributed by atoms with E-state index in [4.69, 9.17) is 4.52 Å². The first kappa shape index (κ1) is 19.8. The fraction of sp³-hybridized carbons (Fsp3) is 0.261. The number of nitrogens with zero attached hydrogens (tertiary/aromatic N) is 2. The third kappa shape index (κ3) is 3.97. The van der Waals surface area contributed by atoms with Crippen LogP contribution in [0.25, 0.3) is 22.4 Å². The third-order valence-corrected chi connectivity index (χ3v) is 5.26. The number of carbonyl (C=O) groups excluding carboxylic acids is 2. The summed E-state index contributed by atoms with van der Waals surface area (Å²) in [6, 6.07) is 17.2. The quantitative estimate of drug-likeness (QED) is 0.680. The van der Waals surface area contributed by atoms with Crippen molar-refractivity contribution in [2.75, 3.05) is 13.2 Å². The Hall–Kier alpha value is -3.45. The molecule has 1 aliphatic rings. The summed E-state index contributed by atoms with van der Waals surface area (Å²) < 4.78 is 5.53. The van der Waals surface area contributed by atoms with Gasteiger partial charge in [-0.25, -0.2) is 0 Å². The molecule has 2 N–H and O–H groups in total. The fourth-order valence-electron chi connectivity index (χ4n) is 3.73. The molecule has 30 heavy (non-hydrogen) atoms. The number of rotatable bonds is 5. The Morgan fingerprint density at radius 2 is 1.77 bits per heavy atom. The topological polar surface area (TPSA) is 95.7 Å². The van der Waals surface area contributed by atoms with Crippen molar-refractivity contribution in [3.8, 4) is 22.4 Å². The van der Waals surface area contributed by atoms with Gasteiger partial charge in [-0.3, -0.25) is 9.59 Å². The molecule has 0 saturated heterocycles. The number of nitrogens with one attached hydrogen (secondary N) is 1. The summed E-state index contributed by atoms with van der Waals surface area (Å²) in [6.07, 6.45) is 0.536. The van der Waals surface area contributed by atoms with Crippen molar-refractivity contribution in [3.05, 3.63) is 65.9 Å². The van der Waals surface area contributed by atoms with Crippen molar-refractivity contribution in [3.63, 3.8) is 0 Å². The van der Waals surface area contributed by atoms with E-state index >= 15 is 0 Å². The van der Waals surface area contributed by atoms with E-state index in [1.165, 1.54) is 6.92 Å². The van der Waals surface area contributed by atoms with Gasteiger partial charge < -0.3 is 19.8 Å². The Balaban J connectivity index is 1.56. The number of benzene rings is 2. The highest BCUT2D eigenvalue weighted by atomic mass is 16.5. The standard InChI is InChI=1S/C23H23N3O4/c1-15(28)24-20(14-27)23(29)26-12-11-21-19(13-26)22(25-30-21)18-9-7-17(8-10-18)16-5-3-2-4-6-16/h2-10,20,27H,11-14H2,1H3,(H,24,28). The Kier molecular flexibility index (Phi) is 5.63. The van der Waals surface area contributed by atoms with Crippen LogP contribution in [-0.2, 0) is 22.6 Å². The van der Waals surface area contributed by atoms with E-state index in [1.54, 1.807) is 4.90 Å². The van der Waals surface area contributed by atoms with E-state index in [0.717, 1.165) is 28.0 Å². The van der Waals surface area contributed by atoms with Gasteiger partial charge in [0.2, 0.25) is 11.8 Å². The maximum absolute atomic E-state index is 12.7. The highest BCUT2D eigenvalue weighted by Crippen LogP contribution is 2.31. The number of fused-ring (bicyclic) bond motifs is 1. The van der Waals surface area contributed by atoms with Gasteiger partial charge in [0, 0.05) is 31.0 Å². The Morgan fingerprint density at radius 1 is 1.10 bits per heavy atom. The van der Waals surface area contributed by atoms with Crippen molar-refractivity contribution in [2.45, 2.75) is 25.9 Å². The van der Waals surface area contributed by atoms with Crippen LogP contribution in [0.2, 0.25) is 0 Å². The van der Waals surface area contributed by atoms with Crippen molar-refractivity contribution in [2.24, 2.45) is 0 Å². The second-order valence-electron chi connectivity index (χ2n) is 7.32. The highest BCUT2D eigenvalue weighted by molar-refractivity contribution is 5.87. The number of carbonyl (C=O) groups is 2. The lowest BCUT2D eigenvalue weighted by atomic mass is 9.98. The average molecular weight is 405 g/mol. The average Bonchev–Trinajstić information content (AvgIpc) is 3.21. The van der Waals surface area contributed by atoms with Gasteiger partial charge in [0.15, 0.2) is 0 Å². The molecule has 1 atom stereocenters. The molecule has 154 valence electrons. The van der Waals surface area contributed by atoms with Crippen molar-refractivity contribution in [1.29, 1.82) is 0 Å². The smallest absolute Gasteiger partial charge is 0.247 e. The molecular weight excluding hydrogens is 382 g/mol. The molecular formula is C23H23N3O4. The molecule has 3 aromatic rings. The Labute approximate surface area is 174 Å². The Bertz CT molecular complexity index is 1040. The molecule has 1 aromatic heterocycles. The normalized spacial score (nSPS) is 14.1. The predicted octanol–water partition coefficient (Wildman–Crippen LogP) is 2.39. The van der Waals surface area contributed by atoms with Gasteiger partial charge in [0.05, 0.1) is 13.2 Å². The first-order valence-corrected chi connectivity index (χ1v) is 9.87. The molecule has 7 heteroatoms. The van der Waals surface area contributed by atoms with Crippen LogP contribution in [-0.4, -0.2) is 46.2 Å². The predicted molar refractivity (Wildman–Crippen MR) is 111 cm³/mol. The molecule has 2 amide bonds. The lowest BCUT2D eigenvalue weighted by Gasteiger charge is -2.29. The molecule has 1 aliphatic heterocycles. The molecule has 1 unspecified atom stereocenters. The van der Waals surface area contributed by atoms with Crippen molar-refractivity contribution >= 4 is 11.8 Å². The second-order valence-corrected chi connectivity index (χ2v) is 7.32. The van der Waals surface area contributed by atoms with E-state index in [1.807, 2.05) is 42.5 Å². The van der Waals surface area contributed by atoms with E-state index in [0.29, 0.717) is 25.2 Å². The zero-order valence-electron chi connectivity index (χ0n) is 16.7. The molecule has 4 rings (SSSR count). The summed E-state index contributed by atoms with van der Waals surface area (Å²) in [5.41, 5.74) is 4.73. The van der Waals surface area contributed by atoms with Gasteiger partial charge >= 0.3 is 0 Å². The summed E-state index contributed by atoms with van der Waals surface area (Å²) in [5.74, 6) is 0.0930. The van der Waals surface area contributed by atoms with Crippen LogP contribution in [0.3, 0.4) is 0 Å². The van der Waals surface area contributed by atoms with Gasteiger partial charge in [0.25, 0.3) is 0 Å². The maximum atomic E-state index is 12.7. The van der Waals surface area contributed by atoms with Gasteiger partial charge in [-0.15, -0.1) is 0 Å². The van der Waals surface area contributed by atoms with Crippen LogP contribution in [0, 0.1) is 0 Å². The monoisotopic (exact) mass is 405 g/mol. The van der Waals surface area contributed by atoms with E-state index in [9.17, 15) is 14.7 Å². The minimum Gasteiger partial charge on any atom is -0.394 e. The first-order valence-electron chi connectivity index (χ1n) is 9.87. The zero-order valence-corrected chi connectivity index (χ0v) is 16.7. The molecule has 7 nitrogen and oxygen atoms in total. The lowest BCUT2D eigenvalue weighted by molar-refractivity contribution is -0.138. The minimum atomic E-state index is -0.947. The van der Waals surface area contributed by atoms with E-state index < -0.39 is 12.6 Å². The highest BCUT2D eigenvalue weighted by Gasteiger charge is 2.31. The van der Waals surface area contributed by atoms with Crippen LogP contribution in [0.4, 0.5) is 0 Å². The van der Waals surface area contributed by atoms with Gasteiger partial charge in [-0.1, -0.05) is 59.8 Å². The molecule has 0 saturated carbocycles. The minimum absolute atomic E-state index is 0.315. The molecule has 0 fully saturated rings. The van der Waals surface area contributed by atoms with Crippen LogP contribution >= 0.6 is 0 Å². The summed E-state index contributed by atoms with van der Waals surface area (Å²) in [5, 5.41) is 16.2. The summed E-state index contributed by atoms with van der Waals surface area (Å²) in [7, 11) is 0. The molecule has 2 aromatic carbocycles. The zero-order chi connectivity index (χ0) is 21.1. The first-order chi connectivity index (χ1) is 14.6. The number of amides is 2. The number of aromatic nitrogens is 1. The van der Waals surface area contributed by atoms with Crippen molar-refractivity contribution < 1.29 is 19.2 Å². The van der Waals surface area contributed by atoms with Crippen molar-refractivity contribution in [1.82, 2.24) is 15.4 Å². The number of hydrogen-bond donors (Lipinski definition) is 2. The summed E-state index contributed by atoms with van der Waals surface area (Å²) >= 11 is 0. The summed E-state index contributed by atoms with van der Waals surface area (Å²) in [6.45, 7) is 1.65. The van der Waals surface area contributed by atoms with Gasteiger partial charge in [0.1, 0.15) is 17.5 Å². The van der Waals surface area contributed by atoms with Crippen LogP contribution < -0.4 is 5.32 Å². The molecule has 0 bridgehead atoms. The molecule has 2 heterocycles. The Morgan fingerprint density at radius 3 is 2.43 bits per heavy atom. The molecule has 0 aliphatic carbocycles. The lowest BCUT2D eigenvalue weighted by Crippen LogP contribution is -2.51. The van der Waals surface area contributed by atoms with Crippen LogP contribution in [0.15, 0.2) is 59.1 Å². The fourth-order valence-corrected chi connectivity index (χ4v) is 3.73. The molecule has 0 radical (unpaired) electrons. The molecule has 0 spiro atoms. The van der Waals surface area contributed by atoms with Crippen LogP contribution in [0.1, 0.15) is 18.2 Å². The maximum Gasteiger partial charge on any atom is 0.247 e. The number of hydrogen-bond acceptors (Lipinski definition) is 5. The van der Waals surface area contributed by atoms with Gasteiger partial charge in [-0.2, -0.15) is 0 Å². The largest absolute Gasteiger partial charge is 0.394 e. The second kappa shape index (κ2) is 8.51. The van der Waals surface area contributed by atoms with Gasteiger partial charge in [-0.05, 0) is 11.1 Å². The number of aliphatic hydroxyl groups excluding tert-OH is 1. The van der Waals surface area contributed by atoms with Crippen LogP contribution in [0.5, 0.6) is 0 Å². The number of aliphatic hydroxyl groups is 1. The van der Waals surface area contributed by atoms with E-state index in [2.05, 4.69) is 22.6 Å². The van der Waals surface area contributed by atoms with E-state index in [-0.39, 0.29) is 11.8 Å². The third-order valence-electron chi connectivity index (χ3n) is 5.26. The summed E-state index contributed by atoms with van der Waals surface area (Å²) in [4.78, 5) is 25.7.